The highest BCUT2D eigenvalue weighted by Crippen LogP contribution is 2.40. The number of allylic oxidation sites excluding steroid dienone is 6. The van der Waals surface area contributed by atoms with Crippen molar-refractivity contribution in [3.8, 4) is 0 Å². The van der Waals surface area contributed by atoms with Gasteiger partial charge in [0.15, 0.2) is 0 Å². The second-order valence-electron chi connectivity index (χ2n) is 8.61. The molecule has 0 saturated carbocycles. The predicted molar refractivity (Wildman–Crippen MR) is 127 cm³/mol. The van der Waals surface area contributed by atoms with Crippen LogP contribution in [-0.4, -0.2) is 56.2 Å². The summed E-state index contributed by atoms with van der Waals surface area (Å²) in [4.78, 5) is 62.2. The molecule has 2 N–H and O–H groups in total. The molecule has 10 heteroatoms. The number of carboxylic acids is 2. The summed E-state index contributed by atoms with van der Waals surface area (Å²) in [6.07, 6.45) is 7.93. The fourth-order valence-corrected chi connectivity index (χ4v) is 4.07. The molecule has 1 aliphatic carbocycles. The summed E-state index contributed by atoms with van der Waals surface area (Å²) >= 11 is 6.30. The third-order valence-corrected chi connectivity index (χ3v) is 6.12. The van der Waals surface area contributed by atoms with Crippen molar-refractivity contribution in [1.82, 2.24) is 4.90 Å². The first-order chi connectivity index (χ1) is 16.2. The Bertz CT molecular complexity index is 1130. The number of nitrogens with zero attached hydrogens (tertiary/aromatic N) is 1. The van der Waals surface area contributed by atoms with E-state index >= 15 is 0 Å². The number of esters is 1. The van der Waals surface area contributed by atoms with Crippen LogP contribution >= 0.6 is 11.6 Å². The quantitative estimate of drug-likeness (QED) is 0.274. The Balaban J connectivity index is 2.72. The van der Waals surface area contributed by atoms with E-state index < -0.39 is 47.5 Å². The monoisotopic (exact) mass is 505 g/mol. The molecule has 0 saturated heterocycles. The first-order valence-electron chi connectivity index (χ1n) is 10.9. The third-order valence-electron chi connectivity index (χ3n) is 5.74. The maximum Gasteiger partial charge on any atom is 0.327 e. The molecule has 0 spiro atoms. The fraction of sp³-hybridized carbons (Fsp3) is 0.400. The van der Waals surface area contributed by atoms with Crippen molar-refractivity contribution in [3.63, 3.8) is 0 Å². The number of fused-ring (bicyclic) bond motifs is 1. The van der Waals surface area contributed by atoms with Crippen molar-refractivity contribution in [2.45, 2.75) is 59.1 Å². The number of aliphatic carboxylic acids is 2. The normalized spacial score (nSPS) is 22.5. The van der Waals surface area contributed by atoms with Crippen LogP contribution in [-0.2, 0) is 28.7 Å². The molecule has 188 valence electrons. The first kappa shape index (κ1) is 27.8. The van der Waals surface area contributed by atoms with Gasteiger partial charge in [0.2, 0.25) is 17.2 Å². The molecular formula is C25H28ClNO8. The SMILES string of the molecule is CCC(C)/C=C(C)/C=C/C1=CC2=C(Cl)C(=O)C(C)(OC(C)=O)C(=O)C2=CN1C(CC(=O)O)C(=O)O. The van der Waals surface area contributed by atoms with Crippen molar-refractivity contribution in [2.24, 2.45) is 5.92 Å². The van der Waals surface area contributed by atoms with Gasteiger partial charge in [-0.25, -0.2) is 4.79 Å². The van der Waals surface area contributed by atoms with Gasteiger partial charge in [-0.1, -0.05) is 49.6 Å². The van der Waals surface area contributed by atoms with E-state index in [1.165, 1.54) is 6.08 Å². The summed E-state index contributed by atoms with van der Waals surface area (Å²) in [5.41, 5.74) is -1.28. The zero-order valence-corrected chi connectivity index (χ0v) is 20.9. The van der Waals surface area contributed by atoms with E-state index in [-0.39, 0.29) is 21.9 Å². The van der Waals surface area contributed by atoms with Gasteiger partial charge in [0, 0.05) is 30.0 Å². The van der Waals surface area contributed by atoms with Crippen LogP contribution in [0.2, 0.25) is 0 Å². The number of ether oxygens (including phenoxy) is 1. The summed E-state index contributed by atoms with van der Waals surface area (Å²) in [7, 11) is 0. The lowest BCUT2D eigenvalue weighted by atomic mass is 9.79. The molecule has 0 fully saturated rings. The van der Waals surface area contributed by atoms with E-state index in [0.29, 0.717) is 5.92 Å². The maximum absolute atomic E-state index is 13.3. The molecule has 1 aliphatic heterocycles. The molecule has 0 aromatic rings. The average molecular weight is 506 g/mol. The van der Waals surface area contributed by atoms with Gasteiger partial charge in [-0.05, 0) is 31.9 Å². The lowest BCUT2D eigenvalue weighted by Gasteiger charge is -2.37. The van der Waals surface area contributed by atoms with E-state index in [9.17, 15) is 34.2 Å². The second-order valence-corrected chi connectivity index (χ2v) is 8.99. The maximum atomic E-state index is 13.3. The molecule has 0 amide bonds. The molecule has 9 nitrogen and oxygen atoms in total. The highest BCUT2D eigenvalue weighted by molar-refractivity contribution is 6.49. The zero-order chi connectivity index (χ0) is 26.7. The number of ketones is 2. The Labute approximate surface area is 208 Å². The Hall–Kier alpha value is -3.46. The van der Waals surface area contributed by atoms with Crippen LogP contribution in [0.15, 0.2) is 58.0 Å². The lowest BCUT2D eigenvalue weighted by Crippen LogP contribution is -2.52. The molecular weight excluding hydrogens is 478 g/mol. The lowest BCUT2D eigenvalue weighted by molar-refractivity contribution is -0.167. The third kappa shape index (κ3) is 5.97. The molecule has 2 aliphatic rings. The van der Waals surface area contributed by atoms with Crippen molar-refractivity contribution >= 4 is 41.1 Å². The summed E-state index contributed by atoms with van der Waals surface area (Å²) in [6.45, 7) is 8.07. The second kappa shape index (κ2) is 10.9. The van der Waals surface area contributed by atoms with Crippen molar-refractivity contribution < 1.29 is 38.9 Å². The van der Waals surface area contributed by atoms with E-state index in [4.69, 9.17) is 16.3 Å². The van der Waals surface area contributed by atoms with Gasteiger partial charge in [0.05, 0.1) is 11.5 Å². The highest BCUT2D eigenvalue weighted by Gasteiger charge is 2.52. The van der Waals surface area contributed by atoms with Gasteiger partial charge in [0.1, 0.15) is 6.04 Å². The highest BCUT2D eigenvalue weighted by atomic mass is 35.5. The number of carbonyl (C=O) groups is 5. The number of hydrogen-bond donors (Lipinski definition) is 2. The van der Waals surface area contributed by atoms with E-state index in [2.05, 4.69) is 0 Å². The standard InChI is InChI=1S/C25H28ClNO8/c1-6-13(2)9-14(3)7-8-16-10-17-18(12-27(16)19(24(33)34)11-20(29)30)22(31)25(5,35-15(4)28)23(32)21(17)26/h7-10,12-13,19H,6,11H2,1-5H3,(H,29,30)(H,33,34)/b8-7+,14-9+. The van der Waals surface area contributed by atoms with Crippen LogP contribution in [0.3, 0.4) is 0 Å². The summed E-state index contributed by atoms with van der Waals surface area (Å²) in [5.74, 6) is -5.18. The topological polar surface area (TPSA) is 138 Å². The number of halogens is 1. The van der Waals surface area contributed by atoms with Gasteiger partial charge >= 0.3 is 17.9 Å². The van der Waals surface area contributed by atoms with Crippen molar-refractivity contribution in [1.29, 1.82) is 0 Å². The Morgan fingerprint density at radius 1 is 1.20 bits per heavy atom. The number of Topliss-reactive ketones (excluding diaryl/α,β-unsaturated/α-hetero) is 2. The van der Waals surface area contributed by atoms with Crippen LogP contribution in [0.4, 0.5) is 0 Å². The molecule has 0 radical (unpaired) electrons. The molecule has 2 rings (SSSR count). The van der Waals surface area contributed by atoms with E-state index in [0.717, 1.165) is 36.9 Å². The van der Waals surface area contributed by atoms with Gasteiger partial charge < -0.3 is 19.8 Å². The minimum atomic E-state index is -2.23. The van der Waals surface area contributed by atoms with Crippen LogP contribution in [0.25, 0.3) is 0 Å². The largest absolute Gasteiger partial charge is 0.481 e. The zero-order valence-electron chi connectivity index (χ0n) is 20.1. The van der Waals surface area contributed by atoms with Crippen molar-refractivity contribution in [3.05, 3.63) is 58.0 Å². The first-order valence-corrected chi connectivity index (χ1v) is 11.3. The molecule has 0 aromatic heterocycles. The fourth-order valence-electron chi connectivity index (χ4n) is 3.73. The van der Waals surface area contributed by atoms with Crippen LogP contribution < -0.4 is 0 Å². The molecule has 0 aromatic carbocycles. The molecule has 3 unspecified atom stereocenters. The number of carbonyl (C=O) groups excluding carboxylic acids is 3. The molecule has 3 atom stereocenters. The Kier molecular flexibility index (Phi) is 8.62. The number of hydrogen-bond acceptors (Lipinski definition) is 7. The van der Waals surface area contributed by atoms with Crippen LogP contribution in [0.5, 0.6) is 0 Å². The summed E-state index contributed by atoms with van der Waals surface area (Å²) in [6, 6.07) is -1.57. The average Bonchev–Trinajstić information content (AvgIpc) is 2.77. The minimum Gasteiger partial charge on any atom is -0.481 e. The molecule has 35 heavy (non-hydrogen) atoms. The van der Waals surface area contributed by atoms with E-state index in [1.807, 2.05) is 26.8 Å². The van der Waals surface area contributed by atoms with Gasteiger partial charge in [-0.3, -0.25) is 19.2 Å². The smallest absolute Gasteiger partial charge is 0.327 e. The number of carboxylic acid groups (broad SMARTS) is 2. The van der Waals surface area contributed by atoms with Gasteiger partial charge in [-0.2, -0.15) is 0 Å². The minimum absolute atomic E-state index is 0.0326. The van der Waals surface area contributed by atoms with Gasteiger partial charge in [0.25, 0.3) is 0 Å². The van der Waals surface area contributed by atoms with Crippen molar-refractivity contribution in [2.75, 3.05) is 0 Å². The number of rotatable bonds is 9. The molecule has 0 bridgehead atoms. The van der Waals surface area contributed by atoms with Gasteiger partial charge in [-0.15, -0.1) is 0 Å². The molecule has 1 heterocycles. The predicted octanol–water partition coefficient (Wildman–Crippen LogP) is 3.51. The van der Waals surface area contributed by atoms with E-state index in [1.54, 1.807) is 12.2 Å². The Morgan fingerprint density at radius 2 is 1.83 bits per heavy atom. The van der Waals surface area contributed by atoms with Crippen LogP contribution in [0.1, 0.15) is 47.5 Å². The summed E-state index contributed by atoms with van der Waals surface area (Å²) in [5, 5.41) is 18.7. The Morgan fingerprint density at radius 3 is 2.34 bits per heavy atom. The van der Waals surface area contributed by atoms with Crippen LogP contribution in [0, 0.1) is 5.92 Å². The summed E-state index contributed by atoms with van der Waals surface area (Å²) < 4.78 is 5.02.